The molecule has 0 radical (unpaired) electrons. The minimum atomic E-state index is -0.952. The van der Waals surface area contributed by atoms with Crippen LogP contribution in [-0.4, -0.2) is 29.1 Å². The van der Waals surface area contributed by atoms with Gasteiger partial charge in [-0.2, -0.15) is 0 Å². The quantitative estimate of drug-likeness (QED) is 0.718. The Morgan fingerprint density at radius 1 is 1.20 bits per heavy atom. The first-order valence-electron chi connectivity index (χ1n) is 7.02. The fourth-order valence-corrected chi connectivity index (χ4v) is 2.64. The van der Waals surface area contributed by atoms with Gasteiger partial charge in [0, 0.05) is 12.5 Å². The highest BCUT2D eigenvalue weighted by Crippen LogP contribution is 2.25. The Morgan fingerprint density at radius 2 is 1.85 bits per heavy atom. The molecule has 114 valence electrons. The molecule has 2 unspecified atom stereocenters. The van der Waals surface area contributed by atoms with Gasteiger partial charge in [-0.25, -0.2) is 4.79 Å². The van der Waals surface area contributed by atoms with Gasteiger partial charge in [0.2, 0.25) is 5.91 Å². The maximum Gasteiger partial charge on any atom is 0.321 e. The van der Waals surface area contributed by atoms with Crippen molar-refractivity contribution in [2.75, 3.05) is 0 Å². The number of amides is 3. The molecule has 0 spiro atoms. The van der Waals surface area contributed by atoms with Crippen LogP contribution in [0, 0.1) is 11.3 Å². The molecule has 6 nitrogen and oxygen atoms in total. The highest BCUT2D eigenvalue weighted by atomic mass is 16.4. The lowest BCUT2D eigenvalue weighted by molar-refractivity contribution is -0.139. The van der Waals surface area contributed by atoms with Crippen molar-refractivity contribution in [1.82, 2.24) is 10.6 Å². The summed E-state index contributed by atoms with van der Waals surface area (Å²) in [5.41, 5.74) is -0.670. The Morgan fingerprint density at radius 3 is 2.35 bits per heavy atom. The molecule has 1 saturated carbocycles. The molecule has 3 amide bonds. The summed E-state index contributed by atoms with van der Waals surface area (Å²) >= 11 is 0. The van der Waals surface area contributed by atoms with Gasteiger partial charge < -0.3 is 10.4 Å². The molecular formula is C14H24N2O4. The van der Waals surface area contributed by atoms with Crippen molar-refractivity contribution in [3.63, 3.8) is 0 Å². The van der Waals surface area contributed by atoms with Gasteiger partial charge in [-0.05, 0) is 24.2 Å². The van der Waals surface area contributed by atoms with Crippen LogP contribution < -0.4 is 10.6 Å². The van der Waals surface area contributed by atoms with Crippen molar-refractivity contribution >= 4 is 17.9 Å². The largest absolute Gasteiger partial charge is 0.481 e. The predicted molar refractivity (Wildman–Crippen MR) is 74.1 cm³/mol. The number of hydrogen-bond donors (Lipinski definition) is 3. The molecule has 2 atom stereocenters. The van der Waals surface area contributed by atoms with Crippen molar-refractivity contribution in [2.24, 2.45) is 11.3 Å². The number of urea groups is 1. The van der Waals surface area contributed by atoms with E-state index in [1.54, 1.807) is 13.8 Å². The first-order chi connectivity index (χ1) is 9.19. The van der Waals surface area contributed by atoms with Gasteiger partial charge >= 0.3 is 12.0 Å². The van der Waals surface area contributed by atoms with Gasteiger partial charge in [0.05, 0.1) is 6.42 Å². The number of carbonyl (C=O) groups excluding carboxylic acids is 2. The maximum atomic E-state index is 11.7. The van der Waals surface area contributed by atoms with Crippen molar-refractivity contribution in [3.05, 3.63) is 0 Å². The number of carbonyl (C=O) groups is 3. The first kappa shape index (κ1) is 16.5. The van der Waals surface area contributed by atoms with E-state index in [1.807, 2.05) is 0 Å². The molecule has 6 heteroatoms. The molecule has 0 heterocycles. The zero-order chi connectivity index (χ0) is 15.3. The summed E-state index contributed by atoms with van der Waals surface area (Å²) in [4.78, 5) is 34.1. The molecule has 0 bridgehead atoms. The van der Waals surface area contributed by atoms with Gasteiger partial charge in [-0.3, -0.25) is 14.9 Å². The highest BCUT2D eigenvalue weighted by Gasteiger charge is 2.28. The number of imide groups is 1. The van der Waals surface area contributed by atoms with E-state index >= 15 is 0 Å². The number of rotatable bonds is 5. The third-order valence-corrected chi connectivity index (χ3v) is 3.70. The molecule has 0 saturated heterocycles. The molecular weight excluding hydrogens is 260 g/mol. The van der Waals surface area contributed by atoms with E-state index in [1.165, 1.54) is 0 Å². The summed E-state index contributed by atoms with van der Waals surface area (Å²) in [5, 5.41) is 13.8. The summed E-state index contributed by atoms with van der Waals surface area (Å²) in [7, 11) is 0. The summed E-state index contributed by atoms with van der Waals surface area (Å²) in [6.45, 7) is 5.46. The minimum absolute atomic E-state index is 0.00689. The van der Waals surface area contributed by atoms with Crippen LogP contribution in [0.1, 0.15) is 52.9 Å². The summed E-state index contributed by atoms with van der Waals surface area (Å²) in [5.74, 6) is -0.967. The van der Waals surface area contributed by atoms with Crippen molar-refractivity contribution in [1.29, 1.82) is 0 Å². The number of nitrogens with one attached hydrogen (secondary N) is 2. The SMILES string of the molecule is CC1CCCC1NC(=O)NC(=O)CC(C)(C)CC(=O)O. The Hall–Kier alpha value is -1.59. The second-order valence-corrected chi connectivity index (χ2v) is 6.45. The lowest BCUT2D eigenvalue weighted by Gasteiger charge is -2.22. The van der Waals surface area contributed by atoms with E-state index in [4.69, 9.17) is 5.11 Å². The first-order valence-corrected chi connectivity index (χ1v) is 7.02. The Bertz CT molecular complexity index is 393. The number of hydrogen-bond acceptors (Lipinski definition) is 3. The number of carboxylic acids is 1. The summed E-state index contributed by atoms with van der Waals surface area (Å²) < 4.78 is 0. The van der Waals surface area contributed by atoms with E-state index in [2.05, 4.69) is 17.6 Å². The molecule has 1 aliphatic carbocycles. The standard InChI is InChI=1S/C14H24N2O4/c1-9-5-4-6-10(9)15-13(20)16-11(17)7-14(2,3)8-12(18)19/h9-10H,4-8H2,1-3H3,(H,18,19)(H2,15,16,17,20). The van der Waals surface area contributed by atoms with Crippen LogP contribution in [0.4, 0.5) is 4.79 Å². The van der Waals surface area contributed by atoms with Gasteiger partial charge in [-0.1, -0.05) is 27.2 Å². The Balaban J connectivity index is 2.38. The van der Waals surface area contributed by atoms with Crippen LogP contribution in [0.15, 0.2) is 0 Å². The van der Waals surface area contributed by atoms with Gasteiger partial charge in [0.1, 0.15) is 0 Å². The van der Waals surface area contributed by atoms with E-state index in [0.717, 1.165) is 19.3 Å². The molecule has 1 aliphatic rings. The van der Waals surface area contributed by atoms with Crippen molar-refractivity contribution < 1.29 is 19.5 Å². The monoisotopic (exact) mass is 284 g/mol. The second kappa shape index (κ2) is 6.72. The van der Waals surface area contributed by atoms with E-state index < -0.39 is 23.3 Å². The molecule has 0 aromatic rings. The van der Waals surface area contributed by atoms with Crippen molar-refractivity contribution in [2.45, 2.75) is 58.9 Å². The third kappa shape index (κ3) is 5.59. The van der Waals surface area contributed by atoms with Gasteiger partial charge in [-0.15, -0.1) is 0 Å². The average Bonchev–Trinajstić information content (AvgIpc) is 2.60. The molecule has 0 aromatic heterocycles. The number of aliphatic carboxylic acids is 1. The Labute approximate surface area is 119 Å². The van der Waals surface area contributed by atoms with Crippen LogP contribution in [0.5, 0.6) is 0 Å². The summed E-state index contributed by atoms with van der Waals surface area (Å²) in [6.07, 6.45) is 3.01. The normalized spacial score (nSPS) is 22.4. The summed E-state index contributed by atoms with van der Waals surface area (Å²) in [6, 6.07) is -0.366. The van der Waals surface area contributed by atoms with E-state index in [0.29, 0.717) is 5.92 Å². The highest BCUT2D eigenvalue weighted by molar-refractivity contribution is 5.94. The molecule has 20 heavy (non-hydrogen) atoms. The smallest absolute Gasteiger partial charge is 0.321 e. The zero-order valence-electron chi connectivity index (χ0n) is 12.4. The van der Waals surface area contributed by atoms with Crippen LogP contribution in [0.25, 0.3) is 0 Å². The second-order valence-electron chi connectivity index (χ2n) is 6.45. The third-order valence-electron chi connectivity index (χ3n) is 3.70. The maximum absolute atomic E-state index is 11.7. The van der Waals surface area contributed by atoms with Crippen LogP contribution in [0.2, 0.25) is 0 Å². The zero-order valence-corrected chi connectivity index (χ0v) is 12.4. The van der Waals surface area contributed by atoms with Gasteiger partial charge in [0.25, 0.3) is 0 Å². The molecule has 0 aliphatic heterocycles. The molecule has 1 rings (SSSR count). The molecule has 0 aromatic carbocycles. The van der Waals surface area contributed by atoms with Crippen LogP contribution >= 0.6 is 0 Å². The molecule has 3 N–H and O–H groups in total. The van der Waals surface area contributed by atoms with E-state index in [-0.39, 0.29) is 18.9 Å². The molecule has 1 fully saturated rings. The van der Waals surface area contributed by atoms with Gasteiger partial charge in [0.15, 0.2) is 0 Å². The van der Waals surface area contributed by atoms with Crippen LogP contribution in [0.3, 0.4) is 0 Å². The Kier molecular flexibility index (Phi) is 5.53. The number of carboxylic acid groups (broad SMARTS) is 1. The minimum Gasteiger partial charge on any atom is -0.481 e. The average molecular weight is 284 g/mol. The van der Waals surface area contributed by atoms with E-state index in [9.17, 15) is 14.4 Å². The topological polar surface area (TPSA) is 95.5 Å². The predicted octanol–water partition coefficient (Wildman–Crippen LogP) is 1.89. The fourth-order valence-electron chi connectivity index (χ4n) is 2.64. The lowest BCUT2D eigenvalue weighted by Crippen LogP contribution is -2.46. The lowest BCUT2D eigenvalue weighted by atomic mass is 9.85. The fraction of sp³-hybridized carbons (Fsp3) is 0.786. The van der Waals surface area contributed by atoms with Crippen molar-refractivity contribution in [3.8, 4) is 0 Å². The van der Waals surface area contributed by atoms with Crippen LogP contribution in [-0.2, 0) is 9.59 Å².